The first kappa shape index (κ1) is 35.5. The molecule has 13 rings (SSSR count). The van der Waals surface area contributed by atoms with Crippen LogP contribution in [0.15, 0.2) is 243 Å². The molecular weight excluding hydrogens is 761 g/mol. The Morgan fingerprint density at radius 3 is 1.29 bits per heavy atom. The fourth-order valence-corrected chi connectivity index (χ4v) is 11.0. The third kappa shape index (κ3) is 5.19. The average molecular weight is 801 g/mol. The van der Waals surface area contributed by atoms with Crippen LogP contribution >= 0.6 is 0 Å². The molecule has 1 aromatic heterocycles. The van der Waals surface area contributed by atoms with Gasteiger partial charge in [0.25, 0.3) is 0 Å². The smallest absolute Gasteiger partial charge is 0.0725 e. The van der Waals surface area contributed by atoms with E-state index in [9.17, 15) is 0 Å². The zero-order chi connectivity index (χ0) is 41.5. The quantitative estimate of drug-likeness (QED) is 0.163. The molecule has 2 aliphatic rings. The molecule has 0 bridgehead atoms. The Morgan fingerprint density at radius 1 is 0.286 bits per heavy atom. The summed E-state index contributed by atoms with van der Waals surface area (Å²) in [6, 6.07) is 89.3. The van der Waals surface area contributed by atoms with E-state index >= 15 is 0 Å². The van der Waals surface area contributed by atoms with Crippen LogP contribution in [-0.2, 0) is 5.41 Å². The standard InChI is InChI=1S/C61H40N2/c1-2-15-41(16-3-1)42-29-33-44(34-30-42)62(46-37-39-47(40-38-46)63-58-27-12-7-19-51(58)52-20-8-13-28-59(52)63)45-35-31-43(32-36-45)48-22-14-26-57-60(48)53-21-6-11-25-56(53)61(57)54-23-9-4-17-49(54)50-18-5-10-24-55(50)61/h1-40H. The molecule has 0 atom stereocenters. The van der Waals surface area contributed by atoms with Gasteiger partial charge in [-0.3, -0.25) is 0 Å². The topological polar surface area (TPSA) is 8.17 Å². The van der Waals surface area contributed by atoms with Gasteiger partial charge < -0.3 is 9.47 Å². The summed E-state index contributed by atoms with van der Waals surface area (Å²) < 4.78 is 2.38. The lowest BCUT2D eigenvalue weighted by Crippen LogP contribution is -2.25. The van der Waals surface area contributed by atoms with Gasteiger partial charge >= 0.3 is 0 Å². The third-order valence-electron chi connectivity index (χ3n) is 13.6. The summed E-state index contributed by atoms with van der Waals surface area (Å²) in [5.41, 5.74) is 22.0. The van der Waals surface area contributed by atoms with Crippen molar-refractivity contribution in [2.24, 2.45) is 0 Å². The van der Waals surface area contributed by atoms with E-state index in [1.807, 2.05) is 0 Å². The van der Waals surface area contributed by atoms with Crippen LogP contribution in [0.3, 0.4) is 0 Å². The van der Waals surface area contributed by atoms with Crippen LogP contribution in [0.2, 0.25) is 0 Å². The molecule has 294 valence electrons. The maximum absolute atomic E-state index is 2.38. The van der Waals surface area contributed by atoms with Crippen molar-refractivity contribution in [1.29, 1.82) is 0 Å². The zero-order valence-electron chi connectivity index (χ0n) is 34.5. The van der Waals surface area contributed by atoms with Crippen LogP contribution in [0.4, 0.5) is 17.1 Å². The second kappa shape index (κ2) is 13.9. The van der Waals surface area contributed by atoms with E-state index < -0.39 is 0 Å². The van der Waals surface area contributed by atoms with Crippen LogP contribution in [0.1, 0.15) is 22.3 Å². The number of fused-ring (bicyclic) bond motifs is 13. The monoisotopic (exact) mass is 800 g/mol. The van der Waals surface area contributed by atoms with E-state index in [4.69, 9.17) is 0 Å². The lowest BCUT2D eigenvalue weighted by Gasteiger charge is -2.30. The minimum absolute atomic E-state index is 0.372. The SMILES string of the molecule is c1ccc(-c2ccc(N(c3ccc(-c4cccc5c4-c4ccccc4C54c5ccccc5-c5ccccc54)cc3)c3ccc(-n4c5ccccc5c5ccccc54)cc3)cc2)cc1. The van der Waals surface area contributed by atoms with Gasteiger partial charge in [-0.15, -0.1) is 0 Å². The second-order valence-electron chi connectivity index (χ2n) is 16.8. The van der Waals surface area contributed by atoms with Crippen molar-refractivity contribution in [1.82, 2.24) is 4.57 Å². The molecule has 2 heteroatoms. The lowest BCUT2D eigenvalue weighted by atomic mass is 9.70. The third-order valence-corrected chi connectivity index (χ3v) is 13.6. The summed E-state index contributed by atoms with van der Waals surface area (Å²) in [7, 11) is 0. The minimum atomic E-state index is -0.372. The van der Waals surface area contributed by atoms with Gasteiger partial charge in [-0.2, -0.15) is 0 Å². The van der Waals surface area contributed by atoms with Gasteiger partial charge in [0.2, 0.25) is 0 Å². The molecule has 10 aromatic carbocycles. The summed E-state index contributed by atoms with van der Waals surface area (Å²) in [6.07, 6.45) is 0. The van der Waals surface area contributed by atoms with Crippen molar-refractivity contribution >= 4 is 38.9 Å². The highest BCUT2D eigenvalue weighted by Crippen LogP contribution is 2.64. The zero-order valence-corrected chi connectivity index (χ0v) is 34.5. The van der Waals surface area contributed by atoms with Gasteiger partial charge in [-0.25, -0.2) is 0 Å². The first-order valence-electron chi connectivity index (χ1n) is 21.8. The molecule has 0 fully saturated rings. The molecule has 11 aromatic rings. The van der Waals surface area contributed by atoms with E-state index in [2.05, 4.69) is 252 Å². The number of hydrogen-bond donors (Lipinski definition) is 0. The van der Waals surface area contributed by atoms with Crippen LogP contribution in [-0.4, -0.2) is 4.57 Å². The molecule has 1 heterocycles. The fraction of sp³-hybridized carbons (Fsp3) is 0.0164. The predicted molar refractivity (Wildman–Crippen MR) is 263 cm³/mol. The molecule has 2 nitrogen and oxygen atoms in total. The highest BCUT2D eigenvalue weighted by Gasteiger charge is 2.51. The van der Waals surface area contributed by atoms with Gasteiger partial charge in [0.15, 0.2) is 0 Å². The number of hydrogen-bond acceptors (Lipinski definition) is 1. The summed E-state index contributed by atoms with van der Waals surface area (Å²) in [4.78, 5) is 2.38. The van der Waals surface area contributed by atoms with Crippen LogP contribution < -0.4 is 4.90 Å². The van der Waals surface area contributed by atoms with Gasteiger partial charge in [-0.05, 0) is 127 Å². The van der Waals surface area contributed by atoms with E-state index in [0.717, 1.165) is 22.7 Å². The first-order valence-corrected chi connectivity index (χ1v) is 21.8. The van der Waals surface area contributed by atoms with Crippen LogP contribution in [0, 0.1) is 0 Å². The Labute approximate surface area is 367 Å². The largest absolute Gasteiger partial charge is 0.311 e. The number of benzene rings is 10. The van der Waals surface area contributed by atoms with Gasteiger partial charge in [0.05, 0.1) is 16.4 Å². The molecule has 63 heavy (non-hydrogen) atoms. The number of anilines is 3. The Morgan fingerprint density at radius 2 is 0.698 bits per heavy atom. The van der Waals surface area contributed by atoms with Gasteiger partial charge in [0.1, 0.15) is 0 Å². The number of rotatable bonds is 6. The van der Waals surface area contributed by atoms with Crippen molar-refractivity contribution in [3.05, 3.63) is 265 Å². The highest BCUT2D eigenvalue weighted by molar-refractivity contribution is 6.09. The van der Waals surface area contributed by atoms with E-state index in [-0.39, 0.29) is 5.41 Å². The molecule has 2 aliphatic carbocycles. The molecule has 0 aliphatic heterocycles. The Bertz CT molecular complexity index is 3440. The summed E-state index contributed by atoms with van der Waals surface area (Å²) in [5, 5.41) is 2.52. The number of aromatic nitrogens is 1. The van der Waals surface area contributed by atoms with E-state index in [0.29, 0.717) is 0 Å². The summed E-state index contributed by atoms with van der Waals surface area (Å²) >= 11 is 0. The molecule has 0 radical (unpaired) electrons. The molecule has 0 N–H and O–H groups in total. The van der Waals surface area contributed by atoms with Crippen LogP contribution in [0.25, 0.3) is 72.0 Å². The van der Waals surface area contributed by atoms with Crippen molar-refractivity contribution in [2.45, 2.75) is 5.41 Å². The molecule has 0 saturated carbocycles. The fourth-order valence-electron chi connectivity index (χ4n) is 11.0. The second-order valence-corrected chi connectivity index (χ2v) is 16.8. The highest BCUT2D eigenvalue weighted by atomic mass is 15.1. The van der Waals surface area contributed by atoms with Crippen molar-refractivity contribution in [3.63, 3.8) is 0 Å². The van der Waals surface area contributed by atoms with Crippen LogP contribution in [0.5, 0.6) is 0 Å². The lowest BCUT2D eigenvalue weighted by molar-refractivity contribution is 0.794. The summed E-state index contributed by atoms with van der Waals surface area (Å²) in [6.45, 7) is 0. The van der Waals surface area contributed by atoms with Crippen molar-refractivity contribution < 1.29 is 0 Å². The Balaban J connectivity index is 0.938. The van der Waals surface area contributed by atoms with E-state index in [1.165, 1.54) is 88.6 Å². The van der Waals surface area contributed by atoms with Gasteiger partial charge in [0, 0.05) is 33.5 Å². The maximum atomic E-state index is 2.38. The maximum Gasteiger partial charge on any atom is 0.0725 e. The molecule has 0 amide bonds. The number of para-hydroxylation sites is 2. The molecule has 0 saturated heterocycles. The summed E-state index contributed by atoms with van der Waals surface area (Å²) in [5.74, 6) is 0. The Kier molecular flexibility index (Phi) is 7.85. The molecule has 1 spiro atoms. The van der Waals surface area contributed by atoms with Crippen molar-refractivity contribution in [3.8, 4) is 50.2 Å². The Hall–Kier alpha value is -8.20. The average Bonchev–Trinajstić information content (AvgIpc) is 3.97. The van der Waals surface area contributed by atoms with E-state index in [1.54, 1.807) is 0 Å². The molecular formula is C61H40N2. The van der Waals surface area contributed by atoms with Gasteiger partial charge in [-0.1, -0.05) is 182 Å². The minimum Gasteiger partial charge on any atom is -0.311 e. The molecule has 0 unspecified atom stereocenters. The first-order chi connectivity index (χ1) is 31.3. The normalized spacial score (nSPS) is 12.9. The van der Waals surface area contributed by atoms with Crippen molar-refractivity contribution in [2.75, 3.05) is 4.90 Å². The number of nitrogens with zero attached hydrogens (tertiary/aromatic N) is 2. The predicted octanol–water partition coefficient (Wildman–Crippen LogP) is 15.9.